The van der Waals surface area contributed by atoms with E-state index in [1.165, 1.54) is 12.1 Å². The third-order valence-electron chi connectivity index (χ3n) is 3.38. The normalized spacial score (nSPS) is 20.1. The maximum Gasteiger partial charge on any atom is 0.311 e. The molecular weight excluding hydrogens is 270 g/mol. The minimum atomic E-state index is -0.460. The number of hydrogen-bond donors (Lipinski definition) is 1. The fourth-order valence-electron chi connectivity index (χ4n) is 2.42. The highest BCUT2D eigenvalue weighted by Crippen LogP contribution is 2.31. The Morgan fingerprint density at radius 2 is 2.26 bits per heavy atom. The molecule has 2 rings (SSSR count). The second kappa shape index (κ2) is 6.16. The zero-order valence-electron chi connectivity index (χ0n) is 10.5. The van der Waals surface area contributed by atoms with E-state index in [0.29, 0.717) is 6.54 Å². The van der Waals surface area contributed by atoms with Crippen molar-refractivity contribution >= 4 is 23.1 Å². The average Bonchev–Trinajstić information content (AvgIpc) is 2.63. The molecule has 104 valence electrons. The molecule has 1 N–H and O–H groups in total. The number of nitrogens with zero attached hydrogens (tertiary/aromatic N) is 3. The molecule has 1 atom stereocenters. The van der Waals surface area contributed by atoms with Crippen LogP contribution < -0.4 is 4.90 Å². The van der Waals surface area contributed by atoms with Crippen LogP contribution in [0.25, 0.3) is 0 Å². The molecule has 0 saturated carbocycles. The van der Waals surface area contributed by atoms with E-state index >= 15 is 0 Å². The predicted molar refractivity (Wildman–Crippen MR) is 72.6 cm³/mol. The summed E-state index contributed by atoms with van der Waals surface area (Å²) in [5.74, 6) is 0.262. The largest absolute Gasteiger partial charge is 0.394 e. The summed E-state index contributed by atoms with van der Waals surface area (Å²) < 4.78 is 0. The fourth-order valence-corrected chi connectivity index (χ4v) is 2.56. The summed E-state index contributed by atoms with van der Waals surface area (Å²) in [6.45, 7) is 0.616. The number of aliphatic hydroxyl groups excluding tert-OH is 1. The summed E-state index contributed by atoms with van der Waals surface area (Å²) in [5.41, 5.74) is -0.0650. The molecule has 0 bridgehead atoms. The Kier molecular flexibility index (Phi) is 4.55. The number of aliphatic hydroxyl groups is 1. The Bertz CT molecular complexity index is 470. The summed E-state index contributed by atoms with van der Waals surface area (Å²) in [6, 6.07) is 2.64. The predicted octanol–water partition coefficient (Wildman–Crippen LogP) is 2.38. The van der Waals surface area contributed by atoms with E-state index in [1.807, 2.05) is 4.90 Å². The highest BCUT2D eigenvalue weighted by Gasteiger charge is 2.28. The van der Waals surface area contributed by atoms with Crippen LogP contribution in [0.4, 0.5) is 11.5 Å². The van der Waals surface area contributed by atoms with E-state index in [0.717, 1.165) is 25.7 Å². The summed E-state index contributed by atoms with van der Waals surface area (Å²) in [6.07, 6.45) is 3.81. The third kappa shape index (κ3) is 3.13. The van der Waals surface area contributed by atoms with Gasteiger partial charge in [-0.15, -0.1) is 0 Å². The van der Waals surface area contributed by atoms with Crippen molar-refractivity contribution in [3.63, 3.8) is 0 Å². The molecule has 1 aromatic rings. The van der Waals surface area contributed by atoms with Gasteiger partial charge in [0.25, 0.3) is 0 Å². The molecule has 19 heavy (non-hydrogen) atoms. The monoisotopic (exact) mass is 285 g/mol. The van der Waals surface area contributed by atoms with E-state index in [9.17, 15) is 15.2 Å². The first-order valence-electron chi connectivity index (χ1n) is 6.32. The third-order valence-corrected chi connectivity index (χ3v) is 3.59. The van der Waals surface area contributed by atoms with Gasteiger partial charge in [-0.1, -0.05) is 24.4 Å². The molecule has 1 fully saturated rings. The summed E-state index contributed by atoms with van der Waals surface area (Å²) >= 11 is 5.85. The first-order chi connectivity index (χ1) is 9.13. The minimum absolute atomic E-state index is 0.0364. The molecule has 1 aromatic heterocycles. The second-order valence-corrected chi connectivity index (χ2v) is 5.00. The van der Waals surface area contributed by atoms with Crippen LogP contribution in [-0.2, 0) is 0 Å². The zero-order chi connectivity index (χ0) is 13.8. The summed E-state index contributed by atoms with van der Waals surface area (Å²) in [7, 11) is 0. The molecule has 1 aliphatic heterocycles. The van der Waals surface area contributed by atoms with Gasteiger partial charge in [0.2, 0.25) is 5.82 Å². The molecule has 1 saturated heterocycles. The van der Waals surface area contributed by atoms with Crippen molar-refractivity contribution < 1.29 is 10.0 Å². The van der Waals surface area contributed by atoms with Gasteiger partial charge in [-0.3, -0.25) is 10.1 Å². The van der Waals surface area contributed by atoms with Crippen LogP contribution in [-0.4, -0.2) is 34.2 Å². The summed E-state index contributed by atoms with van der Waals surface area (Å²) in [4.78, 5) is 16.5. The van der Waals surface area contributed by atoms with Gasteiger partial charge in [0.1, 0.15) is 5.15 Å². The number of rotatable bonds is 3. The molecule has 0 aromatic carbocycles. The fraction of sp³-hybridized carbons (Fsp3) is 0.583. The average molecular weight is 286 g/mol. The van der Waals surface area contributed by atoms with Crippen LogP contribution in [0.2, 0.25) is 5.15 Å². The number of anilines is 1. The van der Waals surface area contributed by atoms with Crippen molar-refractivity contribution in [2.45, 2.75) is 31.7 Å². The standard InChI is InChI=1S/C12H16ClN3O3/c13-11-6-5-10(16(18)19)12(14-11)15-7-3-1-2-4-9(15)8-17/h5-6,9,17H,1-4,7-8H2. The van der Waals surface area contributed by atoms with Gasteiger partial charge < -0.3 is 10.0 Å². The lowest BCUT2D eigenvalue weighted by molar-refractivity contribution is -0.384. The van der Waals surface area contributed by atoms with Crippen LogP contribution in [0.3, 0.4) is 0 Å². The molecule has 0 amide bonds. The quantitative estimate of drug-likeness (QED) is 0.524. The number of hydrogen-bond acceptors (Lipinski definition) is 5. The Hall–Kier alpha value is -1.40. The van der Waals surface area contributed by atoms with Crippen molar-refractivity contribution in [2.24, 2.45) is 0 Å². The van der Waals surface area contributed by atoms with Crippen LogP contribution in [0.15, 0.2) is 12.1 Å². The van der Waals surface area contributed by atoms with Crippen molar-refractivity contribution in [3.8, 4) is 0 Å². The van der Waals surface area contributed by atoms with Crippen molar-refractivity contribution in [3.05, 3.63) is 27.4 Å². The highest BCUT2D eigenvalue weighted by molar-refractivity contribution is 6.29. The number of pyridine rings is 1. The lowest BCUT2D eigenvalue weighted by atomic mass is 10.1. The molecule has 2 heterocycles. The molecule has 7 heteroatoms. The van der Waals surface area contributed by atoms with Gasteiger partial charge in [-0.2, -0.15) is 0 Å². The maximum atomic E-state index is 11.1. The second-order valence-electron chi connectivity index (χ2n) is 4.61. The van der Waals surface area contributed by atoms with E-state index < -0.39 is 4.92 Å². The van der Waals surface area contributed by atoms with Crippen LogP contribution in [0, 0.1) is 10.1 Å². The molecule has 6 nitrogen and oxygen atoms in total. The van der Waals surface area contributed by atoms with Crippen molar-refractivity contribution in [1.29, 1.82) is 0 Å². The molecular formula is C12H16ClN3O3. The van der Waals surface area contributed by atoms with Gasteiger partial charge in [0.05, 0.1) is 17.6 Å². The lowest BCUT2D eigenvalue weighted by Gasteiger charge is -2.29. The van der Waals surface area contributed by atoms with E-state index in [1.54, 1.807) is 0 Å². The van der Waals surface area contributed by atoms with Crippen LogP contribution >= 0.6 is 11.6 Å². The van der Waals surface area contributed by atoms with Gasteiger partial charge in [-0.25, -0.2) is 4.98 Å². The minimum Gasteiger partial charge on any atom is -0.394 e. The van der Waals surface area contributed by atoms with Crippen molar-refractivity contribution in [1.82, 2.24) is 4.98 Å². The first kappa shape index (κ1) is 14.0. The van der Waals surface area contributed by atoms with Gasteiger partial charge in [0.15, 0.2) is 0 Å². The smallest absolute Gasteiger partial charge is 0.311 e. The number of nitro groups is 1. The van der Waals surface area contributed by atoms with E-state index in [-0.39, 0.29) is 29.3 Å². The van der Waals surface area contributed by atoms with Gasteiger partial charge in [0, 0.05) is 12.6 Å². The molecule has 0 radical (unpaired) electrons. The van der Waals surface area contributed by atoms with Crippen molar-refractivity contribution in [2.75, 3.05) is 18.1 Å². The van der Waals surface area contributed by atoms with Crippen LogP contribution in [0.1, 0.15) is 25.7 Å². The maximum absolute atomic E-state index is 11.1. The SMILES string of the molecule is O=[N+]([O-])c1ccc(Cl)nc1N1CCCCCC1CO. The molecule has 0 spiro atoms. The lowest BCUT2D eigenvalue weighted by Crippen LogP contribution is -2.38. The Balaban J connectivity index is 2.42. The van der Waals surface area contributed by atoms with Crippen LogP contribution in [0.5, 0.6) is 0 Å². The van der Waals surface area contributed by atoms with E-state index in [2.05, 4.69) is 4.98 Å². The van der Waals surface area contributed by atoms with Gasteiger partial charge in [-0.05, 0) is 18.9 Å². The van der Waals surface area contributed by atoms with Gasteiger partial charge >= 0.3 is 5.69 Å². The molecule has 1 unspecified atom stereocenters. The number of aromatic nitrogens is 1. The Morgan fingerprint density at radius 1 is 1.47 bits per heavy atom. The Morgan fingerprint density at radius 3 is 2.95 bits per heavy atom. The first-order valence-corrected chi connectivity index (χ1v) is 6.69. The number of halogens is 1. The van der Waals surface area contributed by atoms with E-state index in [4.69, 9.17) is 11.6 Å². The zero-order valence-corrected chi connectivity index (χ0v) is 11.2. The molecule has 0 aliphatic carbocycles. The highest BCUT2D eigenvalue weighted by atomic mass is 35.5. The summed E-state index contributed by atoms with van der Waals surface area (Å²) in [5, 5.41) is 20.8. The Labute approximate surface area is 116 Å². The molecule has 1 aliphatic rings. The topological polar surface area (TPSA) is 79.5 Å².